The van der Waals surface area contributed by atoms with E-state index in [0.29, 0.717) is 5.69 Å². The maximum absolute atomic E-state index is 12.4. The Hall–Kier alpha value is -2.86. The summed E-state index contributed by atoms with van der Waals surface area (Å²) in [6.07, 6.45) is 0.0505. The van der Waals surface area contributed by atoms with Crippen molar-refractivity contribution in [1.29, 1.82) is 0 Å². The number of nitrogens with zero attached hydrogens (tertiary/aromatic N) is 1. The minimum absolute atomic E-state index is 0.0760. The van der Waals surface area contributed by atoms with Crippen molar-refractivity contribution < 1.29 is 19.4 Å². The Morgan fingerprint density at radius 2 is 1.67 bits per heavy atom. The van der Waals surface area contributed by atoms with Crippen LogP contribution >= 0.6 is 0 Å². The van der Waals surface area contributed by atoms with Crippen LogP contribution < -0.4 is 10.2 Å². The number of ether oxygens (including phenoxy) is 1. The van der Waals surface area contributed by atoms with Gasteiger partial charge in [0, 0.05) is 36.8 Å². The van der Waals surface area contributed by atoms with E-state index < -0.39 is 5.97 Å². The number of carboxylic acids is 1. The van der Waals surface area contributed by atoms with Crippen molar-refractivity contribution in [3.8, 4) is 0 Å². The van der Waals surface area contributed by atoms with Crippen LogP contribution in [-0.2, 0) is 14.3 Å². The maximum atomic E-state index is 12.4. The molecule has 0 aliphatic carbocycles. The second-order valence-corrected chi connectivity index (χ2v) is 6.60. The lowest BCUT2D eigenvalue weighted by Crippen LogP contribution is -2.36. The van der Waals surface area contributed by atoms with Gasteiger partial charge >= 0.3 is 5.97 Å². The predicted molar refractivity (Wildman–Crippen MR) is 104 cm³/mol. The number of benzene rings is 2. The SMILES string of the molecule is O=C(O)C[C@H](CC(=O)Nc1ccc(N2CCOCC2)cc1)c1ccccc1. The lowest BCUT2D eigenvalue weighted by Gasteiger charge is -2.28. The zero-order valence-corrected chi connectivity index (χ0v) is 15.1. The van der Waals surface area contributed by atoms with Gasteiger partial charge in [-0.1, -0.05) is 30.3 Å². The standard InChI is InChI=1S/C21H24N2O4/c24-20(14-17(15-21(25)26)16-4-2-1-3-5-16)22-18-6-8-19(9-7-18)23-10-12-27-13-11-23/h1-9,17H,10-15H2,(H,22,24)(H,25,26)/t17-/m0/s1. The van der Waals surface area contributed by atoms with E-state index in [-0.39, 0.29) is 24.7 Å². The summed E-state index contributed by atoms with van der Waals surface area (Å²) in [5, 5.41) is 12.0. The molecule has 0 radical (unpaired) electrons. The van der Waals surface area contributed by atoms with Crippen LogP contribution in [0.3, 0.4) is 0 Å². The molecule has 1 heterocycles. The first-order valence-electron chi connectivity index (χ1n) is 9.11. The molecule has 1 aliphatic rings. The van der Waals surface area contributed by atoms with Crippen LogP contribution in [0.25, 0.3) is 0 Å². The third kappa shape index (κ3) is 5.56. The Morgan fingerprint density at radius 1 is 1.00 bits per heavy atom. The van der Waals surface area contributed by atoms with Crippen molar-refractivity contribution >= 4 is 23.3 Å². The fourth-order valence-electron chi connectivity index (χ4n) is 3.26. The summed E-state index contributed by atoms with van der Waals surface area (Å²) in [6, 6.07) is 17.0. The third-order valence-electron chi connectivity index (χ3n) is 4.65. The quantitative estimate of drug-likeness (QED) is 0.785. The molecule has 0 unspecified atom stereocenters. The molecule has 0 aromatic heterocycles. The highest BCUT2D eigenvalue weighted by molar-refractivity contribution is 5.91. The van der Waals surface area contributed by atoms with Crippen LogP contribution in [-0.4, -0.2) is 43.3 Å². The fourth-order valence-corrected chi connectivity index (χ4v) is 3.26. The lowest BCUT2D eigenvalue weighted by atomic mass is 9.92. The van der Waals surface area contributed by atoms with E-state index in [2.05, 4.69) is 10.2 Å². The Morgan fingerprint density at radius 3 is 2.30 bits per heavy atom. The fraction of sp³-hybridized carbons (Fsp3) is 0.333. The minimum Gasteiger partial charge on any atom is -0.481 e. The molecule has 6 nitrogen and oxygen atoms in total. The van der Waals surface area contributed by atoms with Gasteiger partial charge in [-0.25, -0.2) is 0 Å². The summed E-state index contributed by atoms with van der Waals surface area (Å²) < 4.78 is 5.36. The number of aliphatic carboxylic acids is 1. The van der Waals surface area contributed by atoms with E-state index in [1.807, 2.05) is 54.6 Å². The van der Waals surface area contributed by atoms with E-state index in [0.717, 1.165) is 37.6 Å². The first kappa shape index (κ1) is 18.9. The number of morpholine rings is 1. The summed E-state index contributed by atoms with van der Waals surface area (Å²) in [5.41, 5.74) is 2.67. The predicted octanol–water partition coefficient (Wildman–Crippen LogP) is 3.11. The summed E-state index contributed by atoms with van der Waals surface area (Å²) >= 11 is 0. The van der Waals surface area contributed by atoms with Gasteiger partial charge in [-0.3, -0.25) is 9.59 Å². The molecule has 1 fully saturated rings. The summed E-state index contributed by atoms with van der Waals surface area (Å²) in [5.74, 6) is -1.45. The van der Waals surface area contributed by atoms with Crippen LogP contribution in [0.5, 0.6) is 0 Å². The van der Waals surface area contributed by atoms with E-state index >= 15 is 0 Å². The Labute approximate surface area is 158 Å². The monoisotopic (exact) mass is 368 g/mol. The minimum atomic E-state index is -0.911. The van der Waals surface area contributed by atoms with Crippen molar-refractivity contribution in [3.63, 3.8) is 0 Å². The summed E-state index contributed by atoms with van der Waals surface area (Å²) in [7, 11) is 0. The van der Waals surface area contributed by atoms with Gasteiger partial charge in [0.05, 0.1) is 19.6 Å². The summed E-state index contributed by atoms with van der Waals surface area (Å²) in [6.45, 7) is 3.17. The van der Waals surface area contributed by atoms with Gasteiger partial charge in [-0.2, -0.15) is 0 Å². The van der Waals surface area contributed by atoms with Crippen molar-refractivity contribution in [3.05, 3.63) is 60.2 Å². The van der Waals surface area contributed by atoms with E-state index in [4.69, 9.17) is 9.84 Å². The lowest BCUT2D eigenvalue weighted by molar-refractivity contribution is -0.137. The molecule has 3 rings (SSSR count). The Bertz CT molecular complexity index is 756. The topological polar surface area (TPSA) is 78.9 Å². The molecular weight excluding hydrogens is 344 g/mol. The van der Waals surface area contributed by atoms with E-state index in [9.17, 15) is 9.59 Å². The average molecular weight is 368 g/mol. The molecule has 6 heteroatoms. The van der Waals surface area contributed by atoms with Gasteiger partial charge in [-0.05, 0) is 29.8 Å². The van der Waals surface area contributed by atoms with Crippen LogP contribution in [0.15, 0.2) is 54.6 Å². The molecule has 142 valence electrons. The molecule has 0 spiro atoms. The Kier molecular flexibility index (Phi) is 6.44. The van der Waals surface area contributed by atoms with Crippen LogP contribution in [0.2, 0.25) is 0 Å². The van der Waals surface area contributed by atoms with Crippen LogP contribution in [0.1, 0.15) is 24.3 Å². The molecule has 0 saturated carbocycles. The smallest absolute Gasteiger partial charge is 0.303 e. The van der Waals surface area contributed by atoms with Crippen molar-refractivity contribution in [2.24, 2.45) is 0 Å². The van der Waals surface area contributed by atoms with Gasteiger partial charge < -0.3 is 20.1 Å². The highest BCUT2D eigenvalue weighted by Gasteiger charge is 2.19. The van der Waals surface area contributed by atoms with Gasteiger partial charge in [0.15, 0.2) is 0 Å². The second kappa shape index (κ2) is 9.19. The first-order chi connectivity index (χ1) is 13.1. The van der Waals surface area contributed by atoms with E-state index in [1.165, 1.54) is 0 Å². The van der Waals surface area contributed by atoms with Crippen LogP contribution in [0, 0.1) is 0 Å². The van der Waals surface area contributed by atoms with Gasteiger partial charge in [0.25, 0.3) is 0 Å². The number of rotatable bonds is 7. The van der Waals surface area contributed by atoms with E-state index in [1.54, 1.807) is 0 Å². The molecule has 0 bridgehead atoms. The molecule has 1 atom stereocenters. The maximum Gasteiger partial charge on any atom is 0.303 e. The number of carboxylic acid groups (broad SMARTS) is 1. The third-order valence-corrected chi connectivity index (χ3v) is 4.65. The zero-order valence-electron chi connectivity index (χ0n) is 15.1. The highest BCUT2D eigenvalue weighted by atomic mass is 16.5. The number of anilines is 2. The van der Waals surface area contributed by atoms with Crippen molar-refractivity contribution in [2.45, 2.75) is 18.8 Å². The average Bonchev–Trinajstić information content (AvgIpc) is 2.69. The number of hydrogen-bond donors (Lipinski definition) is 2. The molecule has 2 aromatic carbocycles. The largest absolute Gasteiger partial charge is 0.481 e. The molecule has 1 amide bonds. The number of hydrogen-bond acceptors (Lipinski definition) is 4. The first-order valence-corrected chi connectivity index (χ1v) is 9.11. The molecule has 2 N–H and O–H groups in total. The molecule has 27 heavy (non-hydrogen) atoms. The molecule has 1 aliphatic heterocycles. The van der Waals surface area contributed by atoms with Crippen molar-refractivity contribution in [1.82, 2.24) is 0 Å². The van der Waals surface area contributed by atoms with Crippen LogP contribution in [0.4, 0.5) is 11.4 Å². The second-order valence-electron chi connectivity index (χ2n) is 6.60. The number of carbonyl (C=O) groups excluding carboxylic acids is 1. The number of nitrogens with one attached hydrogen (secondary N) is 1. The van der Waals surface area contributed by atoms with Gasteiger partial charge in [0.2, 0.25) is 5.91 Å². The molecular formula is C21H24N2O4. The van der Waals surface area contributed by atoms with Gasteiger partial charge in [0.1, 0.15) is 0 Å². The summed E-state index contributed by atoms with van der Waals surface area (Å²) in [4.78, 5) is 25.8. The molecule has 1 saturated heterocycles. The van der Waals surface area contributed by atoms with Crippen molar-refractivity contribution in [2.75, 3.05) is 36.5 Å². The zero-order chi connectivity index (χ0) is 19.1. The highest BCUT2D eigenvalue weighted by Crippen LogP contribution is 2.25. The number of amides is 1. The van der Waals surface area contributed by atoms with Gasteiger partial charge in [-0.15, -0.1) is 0 Å². The normalized spacial score (nSPS) is 15.2. The number of carbonyl (C=O) groups is 2. The Balaban J connectivity index is 1.60. The molecule has 2 aromatic rings.